The van der Waals surface area contributed by atoms with Crippen LogP contribution in [0.4, 0.5) is 5.88 Å². The summed E-state index contributed by atoms with van der Waals surface area (Å²) in [5.41, 5.74) is 8.46. The van der Waals surface area contributed by atoms with Crippen LogP contribution in [0.3, 0.4) is 0 Å². The number of hydrogen-bond acceptors (Lipinski definition) is 5. The summed E-state index contributed by atoms with van der Waals surface area (Å²) in [7, 11) is 0. The molecule has 1 aliphatic rings. The third kappa shape index (κ3) is 2.31. The number of nitrogens with zero attached hydrogens (tertiary/aromatic N) is 1. The molecule has 0 aliphatic carbocycles. The molecule has 1 aliphatic heterocycles. The first kappa shape index (κ1) is 12.8. The van der Waals surface area contributed by atoms with Crippen molar-refractivity contribution in [3.63, 3.8) is 0 Å². The molecule has 0 amide bonds. The van der Waals surface area contributed by atoms with Crippen LogP contribution < -0.4 is 15.2 Å². The molecule has 2 heterocycles. The first-order valence-electron chi connectivity index (χ1n) is 6.81. The van der Waals surface area contributed by atoms with Gasteiger partial charge >= 0.3 is 0 Å². The van der Waals surface area contributed by atoms with Crippen molar-refractivity contribution in [2.24, 2.45) is 0 Å². The quantitative estimate of drug-likeness (QED) is 0.910. The van der Waals surface area contributed by atoms with Crippen LogP contribution in [0.5, 0.6) is 11.5 Å². The molecule has 1 aromatic heterocycles. The van der Waals surface area contributed by atoms with Gasteiger partial charge in [0.05, 0.1) is 13.2 Å². The monoisotopic (exact) mass is 274 g/mol. The molecule has 2 N–H and O–H groups in total. The number of aromatic nitrogens is 1. The Morgan fingerprint density at radius 3 is 2.40 bits per heavy atom. The van der Waals surface area contributed by atoms with Crippen LogP contribution in [0.25, 0.3) is 11.3 Å². The Kier molecular flexibility index (Phi) is 3.26. The van der Waals surface area contributed by atoms with Gasteiger partial charge in [0, 0.05) is 18.1 Å². The van der Waals surface area contributed by atoms with Gasteiger partial charge in [-0.2, -0.15) is 0 Å². The van der Waals surface area contributed by atoms with Gasteiger partial charge in [0.15, 0.2) is 11.5 Å². The van der Waals surface area contributed by atoms with Gasteiger partial charge in [0.2, 0.25) is 5.88 Å². The number of fused-ring (bicyclic) bond motifs is 1. The van der Waals surface area contributed by atoms with Gasteiger partial charge in [0.1, 0.15) is 5.69 Å². The molecular formula is C15H18N2O3. The second-order valence-electron chi connectivity index (χ2n) is 5.21. The van der Waals surface area contributed by atoms with Crippen molar-refractivity contribution in [3.8, 4) is 22.8 Å². The number of ether oxygens (including phenoxy) is 2. The number of rotatable bonds is 2. The molecule has 0 radical (unpaired) electrons. The molecule has 2 aromatic rings. The molecule has 20 heavy (non-hydrogen) atoms. The summed E-state index contributed by atoms with van der Waals surface area (Å²) in [5.74, 6) is 2.19. The number of hydrogen-bond donors (Lipinski definition) is 1. The average molecular weight is 274 g/mol. The predicted molar refractivity (Wildman–Crippen MR) is 76.0 cm³/mol. The minimum Gasteiger partial charge on any atom is -0.490 e. The fraction of sp³-hybridized carbons (Fsp3) is 0.400. The van der Waals surface area contributed by atoms with Gasteiger partial charge < -0.3 is 19.7 Å². The van der Waals surface area contributed by atoms with E-state index in [1.165, 1.54) is 0 Å². The molecule has 0 unspecified atom stereocenters. The lowest BCUT2D eigenvalue weighted by Crippen LogP contribution is -1.98. The molecule has 0 bridgehead atoms. The molecular weight excluding hydrogens is 256 g/mol. The van der Waals surface area contributed by atoms with E-state index in [-0.39, 0.29) is 0 Å². The minimum absolute atomic E-state index is 0.307. The minimum atomic E-state index is 0.307. The Labute approximate surface area is 117 Å². The van der Waals surface area contributed by atoms with Gasteiger partial charge in [-0.05, 0) is 23.6 Å². The van der Waals surface area contributed by atoms with E-state index in [4.69, 9.17) is 19.7 Å². The van der Waals surface area contributed by atoms with Crippen LogP contribution in [0.2, 0.25) is 0 Å². The maximum atomic E-state index is 5.74. The summed E-state index contributed by atoms with van der Waals surface area (Å²) in [4.78, 5) is 0. The molecule has 0 fully saturated rings. The van der Waals surface area contributed by atoms with E-state index in [9.17, 15) is 0 Å². The topological polar surface area (TPSA) is 70.5 Å². The summed E-state index contributed by atoms with van der Waals surface area (Å²) in [6.45, 7) is 5.60. The van der Waals surface area contributed by atoms with E-state index in [1.807, 2.05) is 12.1 Å². The Balaban J connectivity index is 2.14. The number of benzene rings is 1. The van der Waals surface area contributed by atoms with Gasteiger partial charge in [0.25, 0.3) is 0 Å². The summed E-state index contributed by atoms with van der Waals surface area (Å²) < 4.78 is 16.5. The fourth-order valence-electron chi connectivity index (χ4n) is 2.34. The molecule has 0 spiro atoms. The zero-order valence-corrected chi connectivity index (χ0v) is 11.7. The standard InChI is InChI=1S/C15H18N2O3/c1-9(2)10-6-13-14(19-5-3-4-18-13)7-11(10)12-8-15(16)20-17-12/h6-9H,3-5,16H2,1-2H3. The summed E-state index contributed by atoms with van der Waals surface area (Å²) in [6.07, 6.45) is 0.887. The molecule has 0 saturated heterocycles. The Hall–Kier alpha value is -2.17. The van der Waals surface area contributed by atoms with Crippen molar-refractivity contribution in [2.45, 2.75) is 26.2 Å². The maximum absolute atomic E-state index is 5.74. The number of nitrogen functional groups attached to an aromatic ring is 1. The van der Waals surface area contributed by atoms with Crippen LogP contribution >= 0.6 is 0 Å². The Morgan fingerprint density at radius 2 is 1.80 bits per heavy atom. The zero-order valence-electron chi connectivity index (χ0n) is 11.7. The van der Waals surface area contributed by atoms with Crippen molar-refractivity contribution in [2.75, 3.05) is 18.9 Å². The zero-order chi connectivity index (χ0) is 14.1. The predicted octanol–water partition coefficient (Wildman–Crippen LogP) is 3.21. The highest BCUT2D eigenvalue weighted by Gasteiger charge is 2.19. The molecule has 5 heteroatoms. The van der Waals surface area contributed by atoms with Crippen LogP contribution in [0.1, 0.15) is 31.7 Å². The third-order valence-electron chi connectivity index (χ3n) is 3.35. The highest BCUT2D eigenvalue weighted by Crippen LogP contribution is 2.39. The molecule has 0 atom stereocenters. The lowest BCUT2D eigenvalue weighted by Gasteiger charge is -2.15. The van der Waals surface area contributed by atoms with Gasteiger partial charge in [-0.1, -0.05) is 19.0 Å². The van der Waals surface area contributed by atoms with Crippen molar-refractivity contribution >= 4 is 5.88 Å². The van der Waals surface area contributed by atoms with Crippen molar-refractivity contribution in [3.05, 3.63) is 23.8 Å². The second-order valence-corrected chi connectivity index (χ2v) is 5.21. The van der Waals surface area contributed by atoms with E-state index in [1.54, 1.807) is 6.07 Å². The Bertz CT molecular complexity index is 620. The summed E-state index contributed by atoms with van der Waals surface area (Å²) in [6, 6.07) is 5.73. The average Bonchev–Trinajstić information content (AvgIpc) is 2.72. The molecule has 0 saturated carbocycles. The largest absolute Gasteiger partial charge is 0.490 e. The maximum Gasteiger partial charge on any atom is 0.222 e. The normalized spacial score (nSPS) is 14.3. The van der Waals surface area contributed by atoms with Gasteiger partial charge in [-0.3, -0.25) is 0 Å². The van der Waals surface area contributed by atoms with Crippen molar-refractivity contribution in [1.82, 2.24) is 5.16 Å². The highest BCUT2D eigenvalue weighted by atomic mass is 16.5. The molecule has 5 nitrogen and oxygen atoms in total. The highest BCUT2D eigenvalue weighted by molar-refractivity contribution is 5.70. The lowest BCUT2D eigenvalue weighted by atomic mass is 9.94. The summed E-state index contributed by atoms with van der Waals surface area (Å²) >= 11 is 0. The van der Waals surface area contributed by atoms with Crippen LogP contribution in [0, 0.1) is 0 Å². The van der Waals surface area contributed by atoms with Crippen LogP contribution in [-0.2, 0) is 0 Å². The van der Waals surface area contributed by atoms with Crippen LogP contribution in [-0.4, -0.2) is 18.4 Å². The van der Waals surface area contributed by atoms with Crippen molar-refractivity contribution in [1.29, 1.82) is 0 Å². The van der Waals surface area contributed by atoms with E-state index >= 15 is 0 Å². The van der Waals surface area contributed by atoms with Crippen LogP contribution in [0.15, 0.2) is 22.7 Å². The molecule has 1 aromatic carbocycles. The first-order valence-corrected chi connectivity index (χ1v) is 6.81. The summed E-state index contributed by atoms with van der Waals surface area (Å²) in [5, 5.41) is 4.01. The molecule has 106 valence electrons. The fourth-order valence-corrected chi connectivity index (χ4v) is 2.34. The lowest BCUT2D eigenvalue weighted by molar-refractivity contribution is 0.297. The van der Waals surface area contributed by atoms with Crippen molar-refractivity contribution < 1.29 is 14.0 Å². The Morgan fingerprint density at radius 1 is 1.10 bits per heavy atom. The van der Waals surface area contributed by atoms with E-state index in [2.05, 4.69) is 19.0 Å². The smallest absolute Gasteiger partial charge is 0.222 e. The SMILES string of the molecule is CC(C)c1cc2c(cc1-c1cc(N)on1)OCCCO2. The van der Waals surface area contributed by atoms with Gasteiger partial charge in [-0.25, -0.2) is 0 Å². The first-order chi connectivity index (χ1) is 9.65. The van der Waals surface area contributed by atoms with E-state index in [0.29, 0.717) is 25.0 Å². The second kappa shape index (κ2) is 5.07. The van der Waals surface area contributed by atoms with Gasteiger partial charge in [-0.15, -0.1) is 0 Å². The number of nitrogens with two attached hydrogens (primary N) is 1. The number of anilines is 1. The van der Waals surface area contributed by atoms with E-state index < -0.39 is 0 Å². The molecule has 3 rings (SSSR count). The third-order valence-corrected chi connectivity index (χ3v) is 3.35. The van der Waals surface area contributed by atoms with E-state index in [0.717, 1.165) is 34.7 Å².